The molecule has 0 bridgehead atoms. The van der Waals surface area contributed by atoms with Crippen LogP contribution in [0.2, 0.25) is 5.02 Å². The number of aromatic nitrogens is 2. The summed E-state index contributed by atoms with van der Waals surface area (Å²) in [7, 11) is -3.34. The number of urea groups is 1. The van der Waals surface area contributed by atoms with Crippen molar-refractivity contribution in [2.75, 3.05) is 32.4 Å². The maximum atomic E-state index is 13.1. The highest BCUT2D eigenvalue weighted by Crippen LogP contribution is 2.30. The van der Waals surface area contributed by atoms with Crippen molar-refractivity contribution >= 4 is 27.7 Å². The van der Waals surface area contributed by atoms with Crippen molar-refractivity contribution in [3.63, 3.8) is 0 Å². The van der Waals surface area contributed by atoms with Gasteiger partial charge in [-0.05, 0) is 24.3 Å². The molecule has 0 aliphatic carbocycles. The van der Waals surface area contributed by atoms with Crippen LogP contribution in [0.25, 0.3) is 5.69 Å². The summed E-state index contributed by atoms with van der Waals surface area (Å²) in [6.45, 7) is 0.469. The Balaban J connectivity index is 1.73. The molecule has 2 aromatic rings. The lowest BCUT2D eigenvalue weighted by Crippen LogP contribution is -2.52. The first kappa shape index (κ1) is 22.4. The van der Waals surface area contributed by atoms with Crippen molar-refractivity contribution < 1.29 is 26.4 Å². The largest absolute Gasteiger partial charge is 0.435 e. The van der Waals surface area contributed by atoms with E-state index < -0.39 is 27.9 Å². The number of nitrogens with one attached hydrogen (secondary N) is 1. The maximum absolute atomic E-state index is 13.1. The minimum absolute atomic E-state index is 0.118. The quantitative estimate of drug-likeness (QED) is 0.750. The van der Waals surface area contributed by atoms with Gasteiger partial charge in [-0.25, -0.2) is 17.9 Å². The van der Waals surface area contributed by atoms with E-state index in [1.165, 1.54) is 15.3 Å². The van der Waals surface area contributed by atoms with Crippen LogP contribution in [0.4, 0.5) is 18.0 Å². The number of carbonyl (C=O) groups excluding carboxylic acids is 1. The number of carbonyl (C=O) groups is 1. The number of sulfonamides is 1. The van der Waals surface area contributed by atoms with E-state index in [0.29, 0.717) is 10.7 Å². The summed E-state index contributed by atoms with van der Waals surface area (Å²) in [5.74, 6) is 0. The van der Waals surface area contributed by atoms with Gasteiger partial charge in [0.2, 0.25) is 10.0 Å². The second kappa shape index (κ2) is 8.44. The number of amides is 2. The molecule has 1 fully saturated rings. The second-order valence-corrected chi connectivity index (χ2v) is 9.14. The van der Waals surface area contributed by atoms with E-state index >= 15 is 0 Å². The number of halogens is 4. The lowest BCUT2D eigenvalue weighted by molar-refractivity contribution is -0.141. The fraction of sp³-hybridized carbons (Fsp3) is 0.412. The van der Waals surface area contributed by atoms with Crippen LogP contribution in [-0.4, -0.2) is 65.9 Å². The molecule has 8 nitrogen and oxygen atoms in total. The normalized spacial score (nSPS) is 16.0. The molecule has 1 saturated heterocycles. The molecule has 0 atom stereocenters. The Morgan fingerprint density at radius 1 is 1.20 bits per heavy atom. The van der Waals surface area contributed by atoms with Crippen LogP contribution in [0.5, 0.6) is 0 Å². The highest BCUT2D eigenvalue weighted by atomic mass is 35.5. The summed E-state index contributed by atoms with van der Waals surface area (Å²) >= 11 is 5.93. The van der Waals surface area contributed by atoms with Crippen molar-refractivity contribution in [1.29, 1.82) is 0 Å². The Morgan fingerprint density at radius 2 is 1.87 bits per heavy atom. The summed E-state index contributed by atoms with van der Waals surface area (Å²) in [6, 6.07) is 6.53. The van der Waals surface area contributed by atoms with Gasteiger partial charge in [-0.3, -0.25) is 0 Å². The van der Waals surface area contributed by atoms with E-state index in [9.17, 15) is 26.4 Å². The van der Waals surface area contributed by atoms with Crippen LogP contribution in [-0.2, 0) is 22.7 Å². The van der Waals surface area contributed by atoms with Gasteiger partial charge in [-0.1, -0.05) is 17.7 Å². The fourth-order valence-corrected chi connectivity index (χ4v) is 4.03. The van der Waals surface area contributed by atoms with Crippen molar-refractivity contribution in [1.82, 2.24) is 24.3 Å². The van der Waals surface area contributed by atoms with E-state index in [4.69, 9.17) is 11.6 Å². The molecule has 2 heterocycles. The van der Waals surface area contributed by atoms with Gasteiger partial charge in [0.05, 0.1) is 24.2 Å². The SMILES string of the molecule is CS(=O)(=O)N1CCN(C(=O)NCc2cc(C(F)(F)F)nn2-c2cccc(Cl)c2)CC1. The van der Waals surface area contributed by atoms with Crippen molar-refractivity contribution in [2.24, 2.45) is 0 Å². The fourth-order valence-electron chi connectivity index (χ4n) is 3.02. The van der Waals surface area contributed by atoms with E-state index in [0.717, 1.165) is 17.0 Å². The first-order valence-electron chi connectivity index (χ1n) is 8.85. The molecule has 1 aliphatic rings. The summed E-state index contributed by atoms with van der Waals surface area (Å²) < 4.78 is 64.9. The van der Waals surface area contributed by atoms with Crippen LogP contribution >= 0.6 is 11.6 Å². The molecule has 0 spiro atoms. The number of hydrogen-bond donors (Lipinski definition) is 1. The minimum atomic E-state index is -4.65. The van der Waals surface area contributed by atoms with Crippen LogP contribution in [0, 0.1) is 0 Å². The maximum Gasteiger partial charge on any atom is 0.435 e. The number of rotatable bonds is 4. The van der Waals surface area contributed by atoms with Crippen LogP contribution in [0.15, 0.2) is 30.3 Å². The Hall–Kier alpha value is -2.31. The second-order valence-electron chi connectivity index (χ2n) is 6.72. The highest BCUT2D eigenvalue weighted by molar-refractivity contribution is 7.88. The summed E-state index contributed by atoms with van der Waals surface area (Å²) in [5.41, 5.74) is -0.648. The molecule has 2 amide bonds. The molecule has 0 saturated carbocycles. The number of piperazine rings is 1. The van der Waals surface area contributed by atoms with Gasteiger partial charge >= 0.3 is 12.2 Å². The monoisotopic (exact) mass is 465 g/mol. The summed E-state index contributed by atoms with van der Waals surface area (Å²) in [6.07, 6.45) is -3.55. The molecule has 13 heteroatoms. The summed E-state index contributed by atoms with van der Waals surface area (Å²) in [4.78, 5) is 13.8. The van der Waals surface area contributed by atoms with Gasteiger partial charge in [-0.15, -0.1) is 0 Å². The molecule has 1 aromatic heterocycles. The number of benzene rings is 1. The Bertz CT molecular complexity index is 1030. The molecule has 1 N–H and O–H groups in total. The van der Waals surface area contributed by atoms with Gasteiger partial charge in [0, 0.05) is 31.2 Å². The van der Waals surface area contributed by atoms with E-state index in [1.54, 1.807) is 18.2 Å². The lowest BCUT2D eigenvalue weighted by atomic mass is 10.3. The van der Waals surface area contributed by atoms with E-state index in [2.05, 4.69) is 10.4 Å². The van der Waals surface area contributed by atoms with E-state index in [-0.39, 0.29) is 38.4 Å². The lowest BCUT2D eigenvalue weighted by Gasteiger charge is -2.33. The Morgan fingerprint density at radius 3 is 2.43 bits per heavy atom. The highest BCUT2D eigenvalue weighted by Gasteiger charge is 2.35. The van der Waals surface area contributed by atoms with Crippen LogP contribution in [0.1, 0.15) is 11.4 Å². The van der Waals surface area contributed by atoms with Crippen molar-refractivity contribution in [2.45, 2.75) is 12.7 Å². The minimum Gasteiger partial charge on any atom is -0.332 e. The molecule has 3 rings (SSSR count). The molecule has 1 aliphatic heterocycles. The molecule has 0 unspecified atom stereocenters. The average molecular weight is 466 g/mol. The smallest absolute Gasteiger partial charge is 0.332 e. The molecule has 1 aromatic carbocycles. The third kappa shape index (κ3) is 5.24. The van der Waals surface area contributed by atoms with Crippen molar-refractivity contribution in [3.05, 3.63) is 46.7 Å². The van der Waals surface area contributed by atoms with Gasteiger partial charge in [-0.2, -0.15) is 22.6 Å². The first-order chi connectivity index (χ1) is 13.9. The predicted molar refractivity (Wildman–Crippen MR) is 104 cm³/mol. The topological polar surface area (TPSA) is 87.5 Å². The van der Waals surface area contributed by atoms with Gasteiger partial charge in [0.1, 0.15) is 0 Å². The molecule has 0 radical (unpaired) electrons. The van der Waals surface area contributed by atoms with Gasteiger partial charge in [0.15, 0.2) is 5.69 Å². The van der Waals surface area contributed by atoms with Crippen LogP contribution < -0.4 is 5.32 Å². The Kier molecular flexibility index (Phi) is 6.29. The molecule has 164 valence electrons. The van der Waals surface area contributed by atoms with E-state index in [1.807, 2.05) is 0 Å². The van der Waals surface area contributed by atoms with Crippen LogP contribution in [0.3, 0.4) is 0 Å². The van der Waals surface area contributed by atoms with Gasteiger partial charge < -0.3 is 10.2 Å². The van der Waals surface area contributed by atoms with Gasteiger partial charge in [0.25, 0.3) is 0 Å². The predicted octanol–water partition coefficient (Wildman–Crippen LogP) is 2.33. The van der Waals surface area contributed by atoms with Crippen molar-refractivity contribution in [3.8, 4) is 5.69 Å². The number of nitrogens with zero attached hydrogens (tertiary/aromatic N) is 4. The molecular weight excluding hydrogens is 447 g/mol. The number of hydrogen-bond acceptors (Lipinski definition) is 4. The standard InChI is InChI=1S/C17H19ClF3N5O3S/c1-30(28,29)25-7-5-24(6-8-25)16(27)22-11-14-10-15(17(19,20)21)23-26(14)13-4-2-3-12(18)9-13/h2-4,9-10H,5-8,11H2,1H3,(H,22,27). The third-order valence-electron chi connectivity index (χ3n) is 4.54. The average Bonchev–Trinajstić information content (AvgIpc) is 3.10. The third-order valence-corrected chi connectivity index (χ3v) is 6.08. The molecular formula is C17H19ClF3N5O3S. The summed E-state index contributed by atoms with van der Waals surface area (Å²) in [5, 5.41) is 6.51. The zero-order valence-electron chi connectivity index (χ0n) is 15.9. The Labute approximate surface area is 176 Å². The number of alkyl halides is 3. The zero-order chi connectivity index (χ0) is 22.1. The zero-order valence-corrected chi connectivity index (χ0v) is 17.4. The molecule has 30 heavy (non-hydrogen) atoms. The first-order valence-corrected chi connectivity index (χ1v) is 11.1.